The van der Waals surface area contributed by atoms with Gasteiger partial charge in [0, 0.05) is 15.2 Å². The topological polar surface area (TPSA) is 182 Å². The molecule has 176 valence electrons. The molecule has 0 saturated heterocycles. The van der Waals surface area contributed by atoms with Crippen molar-refractivity contribution in [2.75, 3.05) is 20.0 Å². The maximum absolute atomic E-state index is 12.6. The van der Waals surface area contributed by atoms with E-state index in [2.05, 4.69) is 24.3 Å². The van der Waals surface area contributed by atoms with E-state index >= 15 is 0 Å². The molecule has 0 bridgehead atoms. The number of nitrogen functional groups attached to an aromatic ring is 1. The molecule has 0 saturated carbocycles. The van der Waals surface area contributed by atoms with Gasteiger partial charge < -0.3 is 15.4 Å². The number of azo groups is 1. The van der Waals surface area contributed by atoms with Gasteiger partial charge in [0.1, 0.15) is 16.3 Å². The molecule has 0 radical (unpaired) electrons. The van der Waals surface area contributed by atoms with Crippen molar-refractivity contribution < 1.29 is 73.4 Å². The summed E-state index contributed by atoms with van der Waals surface area (Å²) in [5, 5.41) is 23.0. The number of aromatic hydroxyl groups is 1. The maximum Gasteiger partial charge on any atom is 3.00 e. The Kier molecular flexibility index (Phi) is 10.5. The van der Waals surface area contributed by atoms with Crippen LogP contribution in [0.3, 0.4) is 0 Å². The number of phenolic OH excluding ortho intramolecular Hbond substituents is 1. The summed E-state index contributed by atoms with van der Waals surface area (Å²) in [6.07, 6.45) is 0. The number of nitrogens with zero attached hydrogens (tertiary/aromatic N) is 2. The Balaban J connectivity index is 0.00000408. The third-order valence-corrected chi connectivity index (χ3v) is 6.67. The third kappa shape index (κ3) is 6.57. The van der Waals surface area contributed by atoms with Crippen LogP contribution in [0.5, 0.6) is 5.75 Å². The average Bonchev–Trinajstić information content (AvgIpc) is 2.78. The van der Waals surface area contributed by atoms with Crippen LogP contribution in [0.25, 0.3) is 10.8 Å². The second-order valence-corrected chi connectivity index (χ2v) is 9.51. The van der Waals surface area contributed by atoms with Gasteiger partial charge in [-0.25, -0.2) is 4.89 Å². The molecule has 0 spiro atoms. The number of hydrogen-bond acceptors (Lipinski definition) is 13. The van der Waals surface area contributed by atoms with Gasteiger partial charge in [0.15, 0.2) is 0 Å². The first kappa shape index (κ1) is 28.7. The molecule has 0 aromatic heterocycles. The van der Waals surface area contributed by atoms with Crippen molar-refractivity contribution in [2.24, 2.45) is 10.2 Å². The van der Waals surface area contributed by atoms with E-state index in [0.29, 0.717) is 16.9 Å². The van der Waals surface area contributed by atoms with Gasteiger partial charge in [-0.05, 0) is 58.9 Å². The van der Waals surface area contributed by atoms with Crippen molar-refractivity contribution in [2.45, 2.75) is 14.7 Å². The summed E-state index contributed by atoms with van der Waals surface area (Å²) in [7, 11) is -2.09. The Morgan fingerprint density at radius 3 is 2.38 bits per heavy atom. The molecule has 34 heavy (non-hydrogen) atoms. The molecule has 3 aromatic rings. The van der Waals surface area contributed by atoms with Gasteiger partial charge in [-0.3, -0.25) is 8.39 Å². The molecule has 0 aliphatic carbocycles. The van der Waals surface area contributed by atoms with E-state index in [4.69, 9.17) is 10.1 Å². The Bertz CT molecular complexity index is 1340. The van der Waals surface area contributed by atoms with Gasteiger partial charge in [0.2, 0.25) is 0 Å². The normalized spacial score (nSPS) is 12.7. The summed E-state index contributed by atoms with van der Waals surface area (Å²) in [5.74, 6) is -0.284. The first-order chi connectivity index (χ1) is 15.7. The minimum Gasteiger partial charge on any atom is -0.768 e. The van der Waals surface area contributed by atoms with Crippen LogP contribution >= 0.6 is 12.0 Å². The second-order valence-electron chi connectivity index (χ2n) is 6.11. The fourth-order valence-electron chi connectivity index (χ4n) is 2.73. The molecular weight excluding hydrogens is 587 g/mol. The number of nitrogens with two attached hydrogens (primary N) is 1. The SMILES string of the molecule is COOOSc1cc(O)c2c(N)c(N=Nc3ccc(S(=O)[O-])cc3)c(S(=O)(=O)OC)cc2c1.[Y+3]. The predicted octanol–water partition coefficient (Wildman–Crippen LogP) is 3.63. The monoisotopic (exact) mass is 603 g/mol. The van der Waals surface area contributed by atoms with E-state index in [-0.39, 0.29) is 71.2 Å². The molecule has 0 fully saturated rings. The Morgan fingerprint density at radius 1 is 1.12 bits per heavy atom. The summed E-state index contributed by atoms with van der Waals surface area (Å²) >= 11 is -1.71. The smallest absolute Gasteiger partial charge is 0.768 e. The summed E-state index contributed by atoms with van der Waals surface area (Å²) in [5.41, 5.74) is 5.96. The number of hydrogen-bond donors (Lipinski definition) is 2. The Labute approximate surface area is 226 Å². The number of phenols is 1. The second kappa shape index (κ2) is 12.4. The van der Waals surface area contributed by atoms with Crippen LogP contribution in [-0.2, 0) is 72.4 Å². The van der Waals surface area contributed by atoms with E-state index in [1.807, 2.05) is 0 Å². The first-order valence-electron chi connectivity index (χ1n) is 8.73. The standard InChI is InChI=1S/C18H17N3O9S3.Y/c1-27-29-30-31-12-7-10-8-15(33(25,26)28-2)18(17(19)16(10)14(22)9-12)21-20-11-3-5-13(6-4-11)32(23)24;/h3-9,22H,19H2,1-2H3,(H,23,24);/q;+3/p-1. The average molecular weight is 603 g/mol. The van der Waals surface area contributed by atoms with E-state index < -0.39 is 26.1 Å². The number of rotatable bonds is 9. The number of fused-ring (bicyclic) bond motifs is 1. The maximum atomic E-state index is 12.6. The van der Waals surface area contributed by atoms with Gasteiger partial charge in [-0.1, -0.05) is 5.04 Å². The molecule has 0 amide bonds. The van der Waals surface area contributed by atoms with E-state index in [9.17, 15) is 22.3 Å². The van der Waals surface area contributed by atoms with Crippen molar-refractivity contribution in [1.82, 2.24) is 0 Å². The van der Waals surface area contributed by atoms with Crippen LogP contribution in [0.15, 0.2) is 67.4 Å². The molecule has 0 aliphatic rings. The summed E-state index contributed by atoms with van der Waals surface area (Å²) < 4.78 is 56.4. The summed E-state index contributed by atoms with van der Waals surface area (Å²) in [4.78, 5) is 4.30. The summed E-state index contributed by atoms with van der Waals surface area (Å²) in [6.45, 7) is 0. The zero-order valence-corrected chi connectivity index (χ0v) is 22.8. The number of benzene rings is 3. The van der Waals surface area contributed by atoms with Crippen LogP contribution in [-0.4, -0.2) is 36.5 Å². The zero-order valence-electron chi connectivity index (χ0n) is 17.5. The van der Waals surface area contributed by atoms with Crippen LogP contribution in [0.1, 0.15) is 0 Å². The molecule has 16 heteroatoms. The molecule has 0 aliphatic heterocycles. The molecule has 3 aromatic carbocycles. The largest absolute Gasteiger partial charge is 3.00 e. The van der Waals surface area contributed by atoms with E-state index in [0.717, 1.165) is 7.11 Å². The molecule has 1 atom stereocenters. The van der Waals surface area contributed by atoms with Crippen LogP contribution < -0.4 is 5.73 Å². The van der Waals surface area contributed by atoms with Crippen molar-refractivity contribution in [1.29, 1.82) is 0 Å². The molecular formula is C18H16N3O9S3Y+2. The van der Waals surface area contributed by atoms with Gasteiger partial charge in [0.25, 0.3) is 10.1 Å². The van der Waals surface area contributed by atoms with Gasteiger partial charge >= 0.3 is 32.7 Å². The third-order valence-electron chi connectivity index (χ3n) is 4.18. The number of anilines is 1. The molecule has 3 rings (SSSR count). The van der Waals surface area contributed by atoms with Gasteiger partial charge in [-0.15, -0.1) is 9.45 Å². The van der Waals surface area contributed by atoms with E-state index in [1.165, 1.54) is 49.6 Å². The van der Waals surface area contributed by atoms with E-state index in [1.54, 1.807) is 0 Å². The molecule has 3 N–H and O–H groups in total. The van der Waals surface area contributed by atoms with Gasteiger partial charge in [0.05, 0.1) is 37.6 Å². The Hall–Kier alpha value is -1.53. The van der Waals surface area contributed by atoms with Crippen molar-refractivity contribution >= 4 is 61.1 Å². The van der Waals surface area contributed by atoms with Crippen molar-refractivity contribution in [3.05, 3.63) is 42.5 Å². The first-order valence-corrected chi connectivity index (χ1v) is 11.9. The molecule has 0 heterocycles. The molecule has 12 nitrogen and oxygen atoms in total. The quantitative estimate of drug-likeness (QED) is 0.0532. The van der Waals surface area contributed by atoms with Crippen LogP contribution in [0.4, 0.5) is 17.1 Å². The van der Waals surface area contributed by atoms with Crippen molar-refractivity contribution in [3.8, 4) is 5.75 Å². The minimum absolute atomic E-state index is 0. The fourth-order valence-corrected chi connectivity index (χ4v) is 4.43. The minimum atomic E-state index is -4.29. The van der Waals surface area contributed by atoms with Crippen LogP contribution in [0.2, 0.25) is 0 Å². The van der Waals surface area contributed by atoms with Crippen molar-refractivity contribution in [3.63, 3.8) is 0 Å². The zero-order chi connectivity index (χ0) is 24.2. The van der Waals surface area contributed by atoms with Crippen LogP contribution in [0, 0.1) is 0 Å². The predicted molar refractivity (Wildman–Crippen MR) is 117 cm³/mol. The van der Waals surface area contributed by atoms with Gasteiger partial charge in [-0.2, -0.15) is 13.5 Å². The fraction of sp³-hybridized carbons (Fsp3) is 0.111. The Morgan fingerprint density at radius 2 is 1.79 bits per heavy atom. The summed E-state index contributed by atoms with van der Waals surface area (Å²) in [6, 6.07) is 9.37. The molecule has 1 unspecified atom stereocenters.